The van der Waals surface area contributed by atoms with Gasteiger partial charge in [-0.05, 0) is 46.6 Å². The maximum Gasteiger partial charge on any atom is 0.511 e. The zero-order chi connectivity index (χ0) is 20.7. The second kappa shape index (κ2) is 10.5. The second-order valence-electron chi connectivity index (χ2n) is 7.01. The van der Waals surface area contributed by atoms with E-state index in [1.54, 1.807) is 0 Å². The first-order chi connectivity index (χ1) is 12.5. The molecule has 0 aliphatic carbocycles. The van der Waals surface area contributed by atoms with Gasteiger partial charge in [-0.1, -0.05) is 0 Å². The van der Waals surface area contributed by atoms with Crippen molar-refractivity contribution in [2.75, 3.05) is 46.3 Å². The molecule has 1 heterocycles. The van der Waals surface area contributed by atoms with E-state index in [2.05, 4.69) is 34.4 Å². The smallest absolute Gasteiger partial charge is 0.357 e. The molecule has 0 radical (unpaired) electrons. The van der Waals surface area contributed by atoms with Crippen LogP contribution < -0.4 is 10.6 Å². The standard InChI is InChI=1S/C16H32F3N5O2S/c1-5-20-15(21-8-11-23(4)13(2)3)22-12-14-6-9-24(10-7-14)27(25,26)16(17,18)19/h13-14H,5-12H2,1-4H3,(H2,20,21,22). The van der Waals surface area contributed by atoms with Gasteiger partial charge in [-0.3, -0.25) is 4.99 Å². The predicted molar refractivity (Wildman–Crippen MR) is 101 cm³/mol. The van der Waals surface area contributed by atoms with Crippen LogP contribution in [0, 0.1) is 5.92 Å². The Morgan fingerprint density at radius 1 is 1.26 bits per heavy atom. The van der Waals surface area contributed by atoms with Crippen LogP contribution in [0.1, 0.15) is 33.6 Å². The van der Waals surface area contributed by atoms with Crippen molar-refractivity contribution in [3.8, 4) is 0 Å². The molecule has 11 heteroatoms. The molecule has 27 heavy (non-hydrogen) atoms. The number of nitrogens with one attached hydrogen (secondary N) is 2. The van der Waals surface area contributed by atoms with Crippen LogP contribution in [0.15, 0.2) is 4.99 Å². The Morgan fingerprint density at radius 3 is 2.33 bits per heavy atom. The number of hydrogen-bond acceptors (Lipinski definition) is 4. The zero-order valence-corrected chi connectivity index (χ0v) is 17.3. The Balaban J connectivity index is 2.50. The van der Waals surface area contributed by atoms with E-state index in [4.69, 9.17) is 0 Å². The first-order valence-corrected chi connectivity index (χ1v) is 10.7. The van der Waals surface area contributed by atoms with Gasteiger partial charge < -0.3 is 15.5 Å². The lowest BCUT2D eigenvalue weighted by molar-refractivity contribution is -0.0496. The summed E-state index contributed by atoms with van der Waals surface area (Å²) < 4.78 is 61.2. The van der Waals surface area contributed by atoms with Gasteiger partial charge in [0, 0.05) is 45.3 Å². The number of guanidine groups is 1. The molecule has 0 atom stereocenters. The summed E-state index contributed by atoms with van der Waals surface area (Å²) in [7, 11) is -3.18. The third-order valence-corrected chi connectivity index (χ3v) is 6.33. The SMILES string of the molecule is CCNC(=NCC1CCN(S(=O)(=O)C(F)(F)F)CC1)NCCN(C)C(C)C. The van der Waals surface area contributed by atoms with Crippen molar-refractivity contribution in [2.45, 2.75) is 45.2 Å². The average molecular weight is 416 g/mol. The molecule has 0 amide bonds. The summed E-state index contributed by atoms with van der Waals surface area (Å²) >= 11 is 0. The van der Waals surface area contributed by atoms with Crippen LogP contribution in [0.25, 0.3) is 0 Å². The third kappa shape index (κ3) is 7.46. The van der Waals surface area contributed by atoms with Crippen molar-refractivity contribution in [1.29, 1.82) is 0 Å². The third-order valence-electron chi connectivity index (χ3n) is 4.70. The Labute approximate surface area is 160 Å². The highest BCUT2D eigenvalue weighted by Gasteiger charge is 2.50. The quantitative estimate of drug-likeness (QED) is 0.464. The minimum absolute atomic E-state index is 0.0680. The van der Waals surface area contributed by atoms with Gasteiger partial charge in [-0.15, -0.1) is 0 Å². The Hall–Kier alpha value is -1.07. The summed E-state index contributed by atoms with van der Waals surface area (Å²) in [4.78, 5) is 6.70. The molecule has 0 saturated carbocycles. The Kier molecular flexibility index (Phi) is 9.29. The number of nitrogens with zero attached hydrogens (tertiary/aromatic N) is 3. The lowest BCUT2D eigenvalue weighted by Crippen LogP contribution is -2.45. The van der Waals surface area contributed by atoms with Gasteiger partial charge in [0.1, 0.15) is 0 Å². The molecular formula is C16H32F3N5O2S. The van der Waals surface area contributed by atoms with Gasteiger partial charge in [0.2, 0.25) is 0 Å². The fourth-order valence-corrected chi connectivity index (χ4v) is 3.63. The first kappa shape index (κ1) is 24.0. The summed E-state index contributed by atoms with van der Waals surface area (Å²) in [6.07, 6.45) is 0.739. The van der Waals surface area contributed by atoms with E-state index >= 15 is 0 Å². The molecule has 1 aliphatic heterocycles. The Morgan fingerprint density at radius 2 is 1.85 bits per heavy atom. The molecule has 0 aromatic carbocycles. The molecule has 1 fully saturated rings. The molecule has 0 unspecified atom stereocenters. The number of likely N-dealkylation sites (N-methyl/N-ethyl adjacent to an activating group) is 1. The maximum atomic E-state index is 12.6. The predicted octanol–water partition coefficient (Wildman–Crippen LogP) is 1.44. The highest BCUT2D eigenvalue weighted by molar-refractivity contribution is 7.90. The van der Waals surface area contributed by atoms with Crippen LogP contribution >= 0.6 is 0 Å². The maximum absolute atomic E-state index is 12.6. The van der Waals surface area contributed by atoms with Crippen LogP contribution in [-0.2, 0) is 10.0 Å². The van der Waals surface area contributed by atoms with Gasteiger partial charge in [0.15, 0.2) is 5.96 Å². The molecule has 1 saturated heterocycles. The number of piperidine rings is 1. The number of alkyl halides is 3. The van der Waals surface area contributed by atoms with Gasteiger partial charge in [-0.25, -0.2) is 8.42 Å². The zero-order valence-electron chi connectivity index (χ0n) is 16.5. The van der Waals surface area contributed by atoms with Crippen molar-refractivity contribution < 1.29 is 21.6 Å². The van der Waals surface area contributed by atoms with E-state index in [9.17, 15) is 21.6 Å². The minimum atomic E-state index is -5.23. The van der Waals surface area contributed by atoms with E-state index in [1.807, 2.05) is 14.0 Å². The van der Waals surface area contributed by atoms with Gasteiger partial charge >= 0.3 is 15.5 Å². The number of halogens is 3. The van der Waals surface area contributed by atoms with Gasteiger partial charge in [-0.2, -0.15) is 17.5 Å². The van der Waals surface area contributed by atoms with Crippen molar-refractivity contribution in [3.63, 3.8) is 0 Å². The molecule has 0 spiro atoms. The van der Waals surface area contributed by atoms with Crippen LogP contribution in [0.4, 0.5) is 13.2 Å². The topological polar surface area (TPSA) is 77.0 Å². The Bertz CT molecular complexity index is 573. The highest BCUT2D eigenvalue weighted by atomic mass is 32.2. The van der Waals surface area contributed by atoms with Crippen LogP contribution in [0.3, 0.4) is 0 Å². The largest absolute Gasteiger partial charge is 0.511 e. The molecular weight excluding hydrogens is 383 g/mol. The molecule has 160 valence electrons. The summed E-state index contributed by atoms with van der Waals surface area (Å²) in [6, 6.07) is 0.449. The first-order valence-electron chi connectivity index (χ1n) is 9.27. The summed E-state index contributed by atoms with van der Waals surface area (Å²) in [5.41, 5.74) is -5.23. The normalized spacial score (nSPS) is 18.3. The number of aliphatic imine (C=N–C) groups is 1. The minimum Gasteiger partial charge on any atom is -0.357 e. The van der Waals surface area contributed by atoms with E-state index in [-0.39, 0.29) is 19.0 Å². The lowest BCUT2D eigenvalue weighted by atomic mass is 9.98. The van der Waals surface area contributed by atoms with Crippen LogP contribution in [-0.4, -0.2) is 81.4 Å². The molecule has 0 bridgehead atoms. The van der Waals surface area contributed by atoms with Gasteiger partial charge in [0.05, 0.1) is 0 Å². The van der Waals surface area contributed by atoms with Crippen LogP contribution in [0.2, 0.25) is 0 Å². The molecule has 1 rings (SSSR count). The summed E-state index contributed by atoms with van der Waals surface area (Å²) in [6.45, 7) is 8.69. The highest BCUT2D eigenvalue weighted by Crippen LogP contribution is 2.30. The molecule has 0 aromatic heterocycles. The second-order valence-corrected chi connectivity index (χ2v) is 8.94. The molecule has 2 N–H and O–H groups in total. The molecule has 0 aromatic rings. The lowest BCUT2D eigenvalue weighted by Gasteiger charge is -2.31. The number of rotatable bonds is 8. The summed E-state index contributed by atoms with van der Waals surface area (Å²) in [5, 5.41) is 6.38. The molecule has 7 nitrogen and oxygen atoms in total. The summed E-state index contributed by atoms with van der Waals surface area (Å²) in [5.74, 6) is 0.735. The number of hydrogen-bond donors (Lipinski definition) is 2. The van der Waals surface area contributed by atoms with Crippen LogP contribution in [0.5, 0.6) is 0 Å². The van der Waals surface area contributed by atoms with E-state index in [0.29, 0.717) is 42.2 Å². The fraction of sp³-hybridized carbons (Fsp3) is 0.938. The molecule has 1 aliphatic rings. The monoisotopic (exact) mass is 415 g/mol. The van der Waals surface area contributed by atoms with E-state index in [1.165, 1.54) is 0 Å². The van der Waals surface area contributed by atoms with Crippen molar-refractivity contribution in [1.82, 2.24) is 19.8 Å². The fourth-order valence-electron chi connectivity index (χ4n) is 2.65. The van der Waals surface area contributed by atoms with Crippen molar-refractivity contribution in [3.05, 3.63) is 0 Å². The van der Waals surface area contributed by atoms with E-state index in [0.717, 1.165) is 13.1 Å². The number of sulfonamides is 1. The average Bonchev–Trinajstić information content (AvgIpc) is 2.58. The van der Waals surface area contributed by atoms with Crippen molar-refractivity contribution in [2.24, 2.45) is 10.9 Å². The van der Waals surface area contributed by atoms with Crippen molar-refractivity contribution >= 4 is 16.0 Å². The van der Waals surface area contributed by atoms with E-state index < -0.39 is 15.5 Å². The van der Waals surface area contributed by atoms with Gasteiger partial charge in [0.25, 0.3) is 0 Å².